The van der Waals surface area contributed by atoms with E-state index in [1.165, 1.54) is 6.92 Å². The molecule has 1 aromatic rings. The number of carboxylic acids is 1. The molecule has 0 heterocycles. The van der Waals surface area contributed by atoms with Crippen molar-refractivity contribution in [1.82, 2.24) is 21.3 Å². The number of hydrogen-bond donors (Lipinski definition) is 6. The van der Waals surface area contributed by atoms with E-state index >= 15 is 0 Å². The van der Waals surface area contributed by atoms with Crippen molar-refractivity contribution in [2.24, 2.45) is 11.7 Å². The Balaban J connectivity index is 3.13. The lowest BCUT2D eigenvalue weighted by Gasteiger charge is -2.27. The van der Waals surface area contributed by atoms with Crippen LogP contribution in [0.15, 0.2) is 30.3 Å². The molecule has 1 unspecified atom stereocenters. The lowest BCUT2D eigenvalue weighted by molar-refractivity contribution is -0.140. The summed E-state index contributed by atoms with van der Waals surface area (Å²) in [7, 11) is 0. The third-order valence-electron chi connectivity index (χ3n) is 6.03. The average Bonchev–Trinajstić information content (AvgIpc) is 2.90. The van der Waals surface area contributed by atoms with Gasteiger partial charge in [0.1, 0.15) is 24.2 Å². The minimum Gasteiger partial charge on any atom is -0.481 e. The van der Waals surface area contributed by atoms with Crippen LogP contribution in [0.25, 0.3) is 5.53 Å². The van der Waals surface area contributed by atoms with E-state index in [1.807, 2.05) is 6.07 Å². The van der Waals surface area contributed by atoms with E-state index in [-0.39, 0.29) is 12.8 Å². The molecule has 0 aliphatic heterocycles. The van der Waals surface area contributed by atoms with E-state index in [9.17, 15) is 28.8 Å². The SMILES string of the molecule is CC(=O)N[C@@H](Cc1ccccc1)C(=O)N[C@H](C(=O)N[C@@H](CCCCN)C(=O)NC(CC(=O)O)C(=O)C=[N+]=[N-])C(C)C. The molecule has 4 amide bonds. The van der Waals surface area contributed by atoms with E-state index < -0.39 is 71.9 Å². The van der Waals surface area contributed by atoms with E-state index in [1.54, 1.807) is 38.1 Å². The van der Waals surface area contributed by atoms with Crippen molar-refractivity contribution in [3.05, 3.63) is 41.4 Å². The molecule has 0 saturated carbocycles. The predicted octanol–water partition coefficient (Wildman–Crippen LogP) is -0.682. The molecular formula is C27H39N7O7. The summed E-state index contributed by atoms with van der Waals surface area (Å²) in [5.74, 6) is -5.33. The van der Waals surface area contributed by atoms with Crippen molar-refractivity contribution < 1.29 is 38.7 Å². The standard InChI is InChI=1S/C27H39N7O7/c1-16(2)24(34-26(40)21(31-17(3)35)13-18-9-5-4-6-10-18)27(41)32-19(11-7-8-12-28)25(39)33-20(14-23(37)38)22(36)15-30-29/h4-6,9-10,15-16,19-21,24H,7-8,11-14,28H2,1-3H3,(H,31,35)(H,32,41)(H,33,39)(H,34,40)(H,37,38)/t19-,20?,21-,24-/m0/s1. The maximum absolute atomic E-state index is 13.3. The van der Waals surface area contributed by atoms with Crippen LogP contribution < -0.4 is 27.0 Å². The molecule has 0 aliphatic carbocycles. The van der Waals surface area contributed by atoms with Gasteiger partial charge in [-0.15, -0.1) is 0 Å². The third-order valence-corrected chi connectivity index (χ3v) is 6.03. The lowest BCUT2D eigenvalue weighted by Crippen LogP contribution is -2.59. The van der Waals surface area contributed by atoms with Crippen molar-refractivity contribution >= 4 is 41.6 Å². The summed E-state index contributed by atoms with van der Waals surface area (Å²) in [6, 6.07) is 4.20. The van der Waals surface area contributed by atoms with Crippen molar-refractivity contribution in [2.45, 2.75) is 77.0 Å². The zero-order chi connectivity index (χ0) is 30.9. The Kier molecular flexibility index (Phi) is 15.2. The van der Waals surface area contributed by atoms with Crippen molar-refractivity contribution in [3.8, 4) is 0 Å². The predicted molar refractivity (Wildman–Crippen MR) is 148 cm³/mol. The molecule has 41 heavy (non-hydrogen) atoms. The summed E-state index contributed by atoms with van der Waals surface area (Å²) in [6.07, 6.45) is 0.927. The molecule has 0 fully saturated rings. The minimum atomic E-state index is -1.54. The number of nitrogens with zero attached hydrogens (tertiary/aromatic N) is 2. The van der Waals surface area contributed by atoms with Gasteiger partial charge in [0.25, 0.3) is 5.78 Å². The smallest absolute Gasteiger partial charge is 0.325 e. The first-order valence-corrected chi connectivity index (χ1v) is 13.2. The molecule has 1 rings (SSSR count). The maximum Gasteiger partial charge on any atom is 0.325 e. The highest BCUT2D eigenvalue weighted by atomic mass is 16.4. The summed E-state index contributed by atoms with van der Waals surface area (Å²) in [6.45, 7) is 4.98. The first-order chi connectivity index (χ1) is 19.4. The monoisotopic (exact) mass is 573 g/mol. The fourth-order valence-corrected chi connectivity index (χ4v) is 3.93. The molecular weight excluding hydrogens is 534 g/mol. The largest absolute Gasteiger partial charge is 0.481 e. The van der Waals surface area contributed by atoms with Gasteiger partial charge in [0.2, 0.25) is 23.6 Å². The summed E-state index contributed by atoms with van der Waals surface area (Å²) in [5, 5.41) is 19.3. The van der Waals surface area contributed by atoms with E-state index in [2.05, 4.69) is 26.1 Å². The van der Waals surface area contributed by atoms with Crippen LogP contribution >= 0.6 is 0 Å². The van der Waals surface area contributed by atoms with Gasteiger partial charge in [0.05, 0.1) is 6.42 Å². The number of amides is 4. The zero-order valence-electron chi connectivity index (χ0n) is 23.5. The van der Waals surface area contributed by atoms with Gasteiger partial charge in [-0.2, -0.15) is 4.79 Å². The second-order valence-electron chi connectivity index (χ2n) is 9.82. The van der Waals surface area contributed by atoms with Gasteiger partial charge >= 0.3 is 12.2 Å². The van der Waals surface area contributed by atoms with Crippen LogP contribution in [0.2, 0.25) is 0 Å². The number of ketones is 1. The number of nitrogens with one attached hydrogen (secondary N) is 4. The van der Waals surface area contributed by atoms with Crippen LogP contribution in [0, 0.1) is 5.92 Å². The van der Waals surface area contributed by atoms with Gasteiger partial charge < -0.3 is 37.6 Å². The van der Waals surface area contributed by atoms with E-state index in [0.717, 1.165) is 5.56 Å². The Morgan fingerprint density at radius 1 is 0.902 bits per heavy atom. The third kappa shape index (κ3) is 13.0. The summed E-state index contributed by atoms with van der Waals surface area (Å²) in [5.41, 5.74) is 15.0. The summed E-state index contributed by atoms with van der Waals surface area (Å²) in [4.78, 5) is 77.3. The Morgan fingerprint density at radius 2 is 1.51 bits per heavy atom. The fourth-order valence-electron chi connectivity index (χ4n) is 3.93. The van der Waals surface area contributed by atoms with Crippen LogP contribution in [0.3, 0.4) is 0 Å². The fraction of sp³-hybridized carbons (Fsp3) is 0.519. The normalized spacial score (nSPS) is 13.5. The number of hydrogen-bond acceptors (Lipinski definition) is 7. The Labute approximate surface area is 238 Å². The molecule has 0 bridgehead atoms. The Morgan fingerprint density at radius 3 is 2.05 bits per heavy atom. The number of benzene rings is 1. The van der Waals surface area contributed by atoms with Gasteiger partial charge in [-0.3, -0.25) is 28.8 Å². The molecule has 14 heteroatoms. The summed E-state index contributed by atoms with van der Waals surface area (Å²) >= 11 is 0. The molecule has 4 atom stereocenters. The van der Waals surface area contributed by atoms with Gasteiger partial charge in [-0.05, 0) is 37.3 Å². The van der Waals surface area contributed by atoms with Crippen LogP contribution in [0.1, 0.15) is 52.0 Å². The number of nitrogens with two attached hydrogens (primary N) is 1. The van der Waals surface area contributed by atoms with Gasteiger partial charge in [0, 0.05) is 13.3 Å². The van der Waals surface area contributed by atoms with Crippen molar-refractivity contribution in [2.75, 3.05) is 6.54 Å². The number of carbonyl (C=O) groups excluding carboxylic acids is 5. The lowest BCUT2D eigenvalue weighted by atomic mass is 9.99. The quantitative estimate of drug-likeness (QED) is 0.0568. The van der Waals surface area contributed by atoms with E-state index in [4.69, 9.17) is 16.4 Å². The topological polar surface area (TPSA) is 233 Å². The zero-order valence-corrected chi connectivity index (χ0v) is 23.5. The Bertz CT molecular complexity index is 1120. The molecule has 0 aromatic heterocycles. The highest BCUT2D eigenvalue weighted by molar-refractivity contribution is 6.28. The molecule has 14 nitrogen and oxygen atoms in total. The molecule has 7 N–H and O–H groups in total. The van der Waals surface area contributed by atoms with Gasteiger partial charge in [-0.1, -0.05) is 44.2 Å². The molecule has 0 aliphatic rings. The Hall–Kier alpha value is -4.42. The number of carbonyl (C=O) groups is 6. The van der Waals surface area contributed by atoms with Crippen LogP contribution in [-0.4, -0.2) is 82.2 Å². The number of rotatable bonds is 18. The first-order valence-electron chi connectivity index (χ1n) is 13.2. The molecule has 1 aromatic carbocycles. The van der Waals surface area contributed by atoms with Crippen molar-refractivity contribution in [1.29, 1.82) is 0 Å². The van der Waals surface area contributed by atoms with Crippen molar-refractivity contribution in [3.63, 3.8) is 0 Å². The first kappa shape index (κ1) is 34.6. The van der Waals surface area contributed by atoms with Gasteiger partial charge in [0.15, 0.2) is 0 Å². The molecule has 224 valence electrons. The molecule has 0 radical (unpaired) electrons. The second-order valence-corrected chi connectivity index (χ2v) is 9.82. The summed E-state index contributed by atoms with van der Waals surface area (Å²) < 4.78 is 0. The van der Waals surface area contributed by atoms with E-state index in [0.29, 0.717) is 25.6 Å². The number of carboxylic acid groups (broad SMARTS) is 1. The number of unbranched alkanes of at least 4 members (excludes halogenated alkanes) is 1. The number of aliphatic carboxylic acids is 1. The van der Waals surface area contributed by atoms with Crippen LogP contribution in [-0.2, 0) is 35.2 Å². The molecule has 0 spiro atoms. The number of Topliss-reactive ketones (excluding diaryl/α,β-unsaturated/α-hetero) is 1. The molecule has 0 saturated heterocycles. The highest BCUT2D eigenvalue weighted by Crippen LogP contribution is 2.09. The van der Waals surface area contributed by atoms with Gasteiger partial charge in [-0.25, -0.2) is 0 Å². The minimum absolute atomic E-state index is 0.109. The highest BCUT2D eigenvalue weighted by Gasteiger charge is 2.33. The average molecular weight is 574 g/mol. The maximum atomic E-state index is 13.3. The van der Waals surface area contributed by atoms with Crippen LogP contribution in [0.4, 0.5) is 0 Å². The van der Waals surface area contributed by atoms with Crippen LogP contribution in [0.5, 0.6) is 0 Å². The second kappa shape index (κ2) is 18.0.